The van der Waals surface area contributed by atoms with Gasteiger partial charge in [-0.05, 0) is 18.3 Å². The Morgan fingerprint density at radius 1 is 1.57 bits per heavy atom. The van der Waals surface area contributed by atoms with Gasteiger partial charge in [0, 0.05) is 0 Å². The predicted molar refractivity (Wildman–Crippen MR) is 38.8 cm³/mol. The molecule has 0 atom stereocenters. The third kappa shape index (κ3) is 2.59. The van der Waals surface area contributed by atoms with Crippen LogP contribution in [-0.4, -0.2) is 18.3 Å². The molecule has 0 aliphatic carbocycles. The van der Waals surface area contributed by atoms with Gasteiger partial charge < -0.3 is 0 Å². The molecule has 0 aliphatic rings. The van der Waals surface area contributed by atoms with Gasteiger partial charge in [-0.3, -0.25) is 0 Å². The average molecular weight is 116 g/mol. The van der Waals surface area contributed by atoms with E-state index in [1.165, 1.54) is 0 Å². The first-order valence-electron chi connectivity index (χ1n) is 2.31. The van der Waals surface area contributed by atoms with E-state index in [2.05, 4.69) is 24.7 Å². The van der Waals surface area contributed by atoms with Gasteiger partial charge in [0.2, 0.25) is 0 Å². The van der Waals surface area contributed by atoms with Crippen molar-refractivity contribution in [2.75, 3.05) is 18.3 Å². The summed E-state index contributed by atoms with van der Waals surface area (Å²) in [5.41, 5.74) is 0. The molecule has 0 bridgehead atoms. The van der Waals surface area contributed by atoms with Gasteiger partial charge in [-0.1, -0.05) is 12.2 Å². The van der Waals surface area contributed by atoms with E-state index in [0.29, 0.717) is 0 Å². The molecule has 0 aromatic carbocycles. The summed E-state index contributed by atoms with van der Waals surface area (Å²) < 4.78 is 0. The maximum absolute atomic E-state index is 5.20. The molecule has 0 amide bonds. The summed E-state index contributed by atoms with van der Waals surface area (Å²) in [6.07, 6.45) is 9.50. The molecule has 0 aromatic rings. The van der Waals surface area contributed by atoms with Gasteiger partial charge in [-0.15, -0.1) is 6.42 Å². The topological polar surface area (TPSA) is 0 Å². The largest absolute Gasteiger partial charge is 0.184 e. The van der Waals surface area contributed by atoms with Crippen LogP contribution in [-0.2, 0) is 0 Å². The van der Waals surface area contributed by atoms with Crippen molar-refractivity contribution in [3.05, 3.63) is 0 Å². The molecule has 0 nitrogen and oxygen atoms in total. The van der Waals surface area contributed by atoms with Gasteiger partial charge in [0.1, 0.15) is 0 Å². The molecule has 7 heavy (non-hydrogen) atoms. The Kier molecular flexibility index (Phi) is 2.25. The molecule has 1 heteroatoms. The number of hydrogen-bond donors (Lipinski definition) is 0. The standard InChI is InChI=1S/C6H12S/c1-5-7(3,4)6-2/h1H,6H2,2-4H3. The third-order valence-electron chi connectivity index (χ3n) is 1.04. The van der Waals surface area contributed by atoms with Crippen molar-refractivity contribution in [3.8, 4) is 11.7 Å². The quantitative estimate of drug-likeness (QED) is 0.457. The highest BCUT2D eigenvalue weighted by atomic mass is 32.3. The Morgan fingerprint density at radius 2 is 2.00 bits per heavy atom. The van der Waals surface area contributed by atoms with Crippen molar-refractivity contribution in [1.29, 1.82) is 0 Å². The van der Waals surface area contributed by atoms with E-state index in [1.807, 2.05) is 0 Å². The van der Waals surface area contributed by atoms with Gasteiger partial charge in [-0.25, -0.2) is 0 Å². The minimum absolute atomic E-state index is 0.630. The molecule has 0 saturated carbocycles. The lowest BCUT2D eigenvalue weighted by molar-refractivity contribution is 1.50. The van der Waals surface area contributed by atoms with Crippen LogP contribution in [0.1, 0.15) is 6.92 Å². The first-order valence-corrected chi connectivity index (χ1v) is 4.92. The number of hydrogen-bond acceptors (Lipinski definition) is 0. The van der Waals surface area contributed by atoms with E-state index < -0.39 is 10.0 Å². The van der Waals surface area contributed by atoms with E-state index in [9.17, 15) is 0 Å². The zero-order chi connectivity index (χ0) is 5.91. The normalized spacial score (nSPS) is 12.9. The fourth-order valence-corrected chi connectivity index (χ4v) is 0.250. The summed E-state index contributed by atoms with van der Waals surface area (Å²) in [6.45, 7) is 2.13. The lowest BCUT2D eigenvalue weighted by Crippen LogP contribution is -1.91. The number of terminal acetylenes is 1. The predicted octanol–water partition coefficient (Wildman–Crippen LogP) is 1.66. The summed E-state index contributed by atoms with van der Waals surface area (Å²) in [4.78, 5) is 0. The highest BCUT2D eigenvalue weighted by Crippen LogP contribution is 2.36. The third-order valence-corrected chi connectivity index (χ3v) is 3.12. The van der Waals surface area contributed by atoms with E-state index in [1.54, 1.807) is 0 Å². The van der Waals surface area contributed by atoms with Crippen molar-refractivity contribution >= 4 is 10.0 Å². The Morgan fingerprint density at radius 3 is 2.00 bits per heavy atom. The SMILES string of the molecule is C#CS(C)(C)CC. The average Bonchev–Trinajstić information content (AvgIpc) is 1.68. The highest BCUT2D eigenvalue weighted by Gasteiger charge is 2.00. The molecular weight excluding hydrogens is 104 g/mol. The van der Waals surface area contributed by atoms with Crippen molar-refractivity contribution < 1.29 is 0 Å². The lowest BCUT2D eigenvalue weighted by Gasteiger charge is -2.19. The molecule has 0 rings (SSSR count). The molecule has 0 radical (unpaired) electrons. The van der Waals surface area contributed by atoms with Gasteiger partial charge in [0.05, 0.1) is 0 Å². The Labute approximate surface area is 47.6 Å². The molecule has 0 unspecified atom stereocenters. The minimum Gasteiger partial charge on any atom is -0.184 e. The van der Waals surface area contributed by atoms with E-state index in [0.717, 1.165) is 5.75 Å². The summed E-state index contributed by atoms with van der Waals surface area (Å²) in [6, 6.07) is 0. The van der Waals surface area contributed by atoms with Gasteiger partial charge in [0.25, 0.3) is 0 Å². The Hall–Kier alpha value is -0.0900. The monoisotopic (exact) mass is 116 g/mol. The Bertz CT molecular complexity index is 86.8. The van der Waals surface area contributed by atoms with Crippen LogP contribution >= 0.6 is 10.0 Å². The minimum atomic E-state index is -0.630. The highest BCUT2D eigenvalue weighted by molar-refractivity contribution is 8.36. The zero-order valence-electron chi connectivity index (χ0n) is 5.19. The molecule has 0 heterocycles. The van der Waals surface area contributed by atoms with Gasteiger partial charge in [0.15, 0.2) is 0 Å². The van der Waals surface area contributed by atoms with Crippen LogP contribution < -0.4 is 0 Å². The first kappa shape index (κ1) is 6.91. The van der Waals surface area contributed by atoms with Crippen LogP contribution in [0.2, 0.25) is 0 Å². The molecule has 0 aliphatic heterocycles. The zero-order valence-corrected chi connectivity index (χ0v) is 6.01. The van der Waals surface area contributed by atoms with Gasteiger partial charge >= 0.3 is 0 Å². The lowest BCUT2D eigenvalue weighted by atomic mass is 11.0. The second-order valence-corrected chi connectivity index (χ2v) is 5.83. The smallest absolute Gasteiger partial charge is 0.0158 e. The van der Waals surface area contributed by atoms with Crippen LogP contribution in [0.15, 0.2) is 0 Å². The number of rotatable bonds is 1. The van der Waals surface area contributed by atoms with Gasteiger partial charge in [-0.2, -0.15) is 10.0 Å². The summed E-state index contributed by atoms with van der Waals surface area (Å²) in [7, 11) is -0.630. The molecular formula is C6H12S. The summed E-state index contributed by atoms with van der Waals surface area (Å²) in [5, 5.41) is 2.77. The van der Waals surface area contributed by atoms with E-state index in [-0.39, 0.29) is 0 Å². The second-order valence-electron chi connectivity index (χ2n) is 1.94. The van der Waals surface area contributed by atoms with Crippen molar-refractivity contribution in [2.24, 2.45) is 0 Å². The molecule has 0 spiro atoms. The molecule has 0 saturated heterocycles. The van der Waals surface area contributed by atoms with E-state index in [4.69, 9.17) is 6.42 Å². The van der Waals surface area contributed by atoms with Crippen molar-refractivity contribution in [2.45, 2.75) is 6.92 Å². The molecule has 0 fully saturated rings. The van der Waals surface area contributed by atoms with Crippen LogP contribution in [0, 0.1) is 11.7 Å². The van der Waals surface area contributed by atoms with Crippen molar-refractivity contribution in [3.63, 3.8) is 0 Å². The van der Waals surface area contributed by atoms with Crippen LogP contribution in [0.3, 0.4) is 0 Å². The van der Waals surface area contributed by atoms with Crippen LogP contribution in [0.4, 0.5) is 0 Å². The second kappa shape index (κ2) is 2.28. The van der Waals surface area contributed by atoms with Crippen LogP contribution in [0.5, 0.6) is 0 Å². The van der Waals surface area contributed by atoms with Crippen molar-refractivity contribution in [1.82, 2.24) is 0 Å². The maximum Gasteiger partial charge on any atom is -0.0158 e. The summed E-state index contributed by atoms with van der Waals surface area (Å²) >= 11 is 0. The van der Waals surface area contributed by atoms with E-state index >= 15 is 0 Å². The maximum atomic E-state index is 5.20. The molecule has 0 N–H and O–H groups in total. The van der Waals surface area contributed by atoms with Crippen LogP contribution in [0.25, 0.3) is 0 Å². The molecule has 42 valence electrons. The fraction of sp³-hybridized carbons (Fsp3) is 0.667. The fourth-order valence-electron chi connectivity index (χ4n) is 0.0833. The molecule has 0 aromatic heterocycles. The summed E-state index contributed by atoms with van der Waals surface area (Å²) in [5.74, 6) is 1.14. The first-order chi connectivity index (χ1) is 3.12. The Balaban J connectivity index is 3.66.